The molecule has 18 heavy (non-hydrogen) atoms. The molecule has 0 fully saturated rings. The molecule has 0 heterocycles. The number of rotatable bonds is 4. The van der Waals surface area contributed by atoms with Gasteiger partial charge in [0.25, 0.3) is 0 Å². The Morgan fingerprint density at radius 3 is 2.67 bits per heavy atom. The zero-order chi connectivity index (χ0) is 13.0. The summed E-state index contributed by atoms with van der Waals surface area (Å²) in [6, 6.07) is 11.6. The van der Waals surface area contributed by atoms with Gasteiger partial charge in [0.2, 0.25) is 0 Å². The molecule has 0 radical (unpaired) electrons. The summed E-state index contributed by atoms with van der Waals surface area (Å²) < 4.78 is 18.9. The van der Waals surface area contributed by atoms with E-state index in [1.165, 1.54) is 6.07 Å². The van der Waals surface area contributed by atoms with Crippen molar-refractivity contribution in [3.63, 3.8) is 0 Å². The van der Waals surface area contributed by atoms with Gasteiger partial charge in [0.15, 0.2) is 11.6 Å². The van der Waals surface area contributed by atoms with E-state index in [9.17, 15) is 4.39 Å². The first-order valence-corrected chi connectivity index (χ1v) is 5.45. The van der Waals surface area contributed by atoms with Crippen molar-refractivity contribution in [3.8, 4) is 11.5 Å². The van der Waals surface area contributed by atoms with E-state index in [1.54, 1.807) is 36.4 Å². The van der Waals surface area contributed by atoms with Gasteiger partial charge in [0.05, 0.1) is 5.69 Å². The minimum atomic E-state index is -0.384. The van der Waals surface area contributed by atoms with Gasteiger partial charge in [0, 0.05) is 6.72 Å². The molecule has 0 aliphatic rings. The maximum Gasteiger partial charge on any atom is 0.165 e. The first-order valence-electron chi connectivity index (χ1n) is 5.45. The summed E-state index contributed by atoms with van der Waals surface area (Å²) in [5.74, 6) is 0.400. The van der Waals surface area contributed by atoms with Crippen LogP contribution in [0.5, 0.6) is 11.5 Å². The van der Waals surface area contributed by atoms with Crippen LogP contribution in [0.4, 0.5) is 10.1 Å². The molecule has 0 aliphatic carbocycles. The molecule has 3 nitrogen and oxygen atoms in total. The van der Waals surface area contributed by atoms with Crippen molar-refractivity contribution >= 4 is 12.4 Å². The second-order valence-electron chi connectivity index (χ2n) is 3.78. The quantitative estimate of drug-likeness (QED) is 0.652. The average molecular weight is 244 g/mol. The number of para-hydroxylation sites is 1. The van der Waals surface area contributed by atoms with Crippen LogP contribution in [0.25, 0.3) is 0 Å². The van der Waals surface area contributed by atoms with Gasteiger partial charge in [-0.15, -0.1) is 0 Å². The second kappa shape index (κ2) is 5.31. The third kappa shape index (κ3) is 2.66. The number of halogens is 1. The van der Waals surface area contributed by atoms with Crippen LogP contribution in [0.3, 0.4) is 0 Å². The number of anilines is 1. The lowest BCUT2D eigenvalue weighted by atomic mass is 10.2. The Morgan fingerprint density at radius 2 is 2.00 bits per heavy atom. The van der Waals surface area contributed by atoms with E-state index in [1.807, 2.05) is 6.92 Å². The maximum absolute atomic E-state index is 13.4. The largest absolute Gasteiger partial charge is 0.454 e. The molecule has 0 saturated heterocycles. The lowest BCUT2D eigenvalue weighted by molar-refractivity contribution is 0.442. The van der Waals surface area contributed by atoms with E-state index in [0.29, 0.717) is 5.75 Å². The molecule has 0 bridgehead atoms. The fourth-order valence-corrected chi connectivity index (χ4v) is 1.56. The van der Waals surface area contributed by atoms with Crippen LogP contribution in [0.15, 0.2) is 47.6 Å². The minimum absolute atomic E-state index is 0.208. The van der Waals surface area contributed by atoms with Gasteiger partial charge in [0.1, 0.15) is 5.75 Å². The molecule has 0 spiro atoms. The summed E-state index contributed by atoms with van der Waals surface area (Å²) in [6.45, 7) is 5.26. The summed E-state index contributed by atoms with van der Waals surface area (Å²) in [7, 11) is 0. The van der Waals surface area contributed by atoms with E-state index >= 15 is 0 Å². The Hall–Kier alpha value is -2.36. The minimum Gasteiger partial charge on any atom is -0.454 e. The van der Waals surface area contributed by atoms with Gasteiger partial charge >= 0.3 is 0 Å². The third-order valence-corrected chi connectivity index (χ3v) is 2.46. The van der Waals surface area contributed by atoms with Crippen LogP contribution in [-0.2, 0) is 0 Å². The fourth-order valence-electron chi connectivity index (χ4n) is 1.56. The molecule has 4 heteroatoms. The van der Waals surface area contributed by atoms with E-state index in [0.717, 1.165) is 11.3 Å². The topological polar surface area (TPSA) is 33.6 Å². The molecular weight excluding hydrogens is 231 g/mol. The highest BCUT2D eigenvalue weighted by atomic mass is 19.1. The number of nitrogens with one attached hydrogen (secondary N) is 1. The Kier molecular flexibility index (Phi) is 3.57. The van der Waals surface area contributed by atoms with E-state index < -0.39 is 0 Å². The van der Waals surface area contributed by atoms with Gasteiger partial charge in [-0.05, 0) is 42.8 Å². The number of ether oxygens (including phenoxy) is 1. The van der Waals surface area contributed by atoms with E-state index in [4.69, 9.17) is 4.74 Å². The normalized spacial score (nSPS) is 9.89. The lowest BCUT2D eigenvalue weighted by Crippen LogP contribution is -1.92. The summed E-state index contributed by atoms with van der Waals surface area (Å²) in [5.41, 5.74) is 4.54. The monoisotopic (exact) mass is 244 g/mol. The lowest BCUT2D eigenvalue weighted by Gasteiger charge is -2.09. The molecule has 0 aliphatic heterocycles. The van der Waals surface area contributed by atoms with Crippen LogP contribution in [0, 0.1) is 12.7 Å². The summed E-state index contributed by atoms with van der Waals surface area (Å²) in [5, 5.41) is 3.59. The molecule has 1 N–H and O–H groups in total. The number of aryl methyl sites for hydroxylation is 1. The van der Waals surface area contributed by atoms with Gasteiger partial charge in [-0.1, -0.05) is 12.1 Å². The van der Waals surface area contributed by atoms with E-state index in [-0.39, 0.29) is 11.6 Å². The molecule has 0 amide bonds. The molecule has 92 valence electrons. The van der Waals surface area contributed by atoms with Crippen molar-refractivity contribution in [1.82, 2.24) is 0 Å². The Balaban J connectivity index is 2.23. The van der Waals surface area contributed by atoms with Crippen LogP contribution in [0.1, 0.15) is 5.56 Å². The number of benzene rings is 2. The van der Waals surface area contributed by atoms with Crippen molar-refractivity contribution in [2.75, 3.05) is 5.43 Å². The first kappa shape index (κ1) is 12.1. The predicted octanol–water partition coefficient (Wildman–Crippen LogP) is 3.95. The van der Waals surface area contributed by atoms with Crippen molar-refractivity contribution in [3.05, 3.63) is 53.8 Å². The standard InChI is InChI=1S/C14H13FN2O/c1-10-9-11(7-8-13(10)17-16-2)18-14-6-4-3-5-12(14)15/h3-9,17H,2H2,1H3. The first-order chi connectivity index (χ1) is 8.70. The van der Waals surface area contributed by atoms with Gasteiger partial charge in [-0.3, -0.25) is 5.43 Å². The molecular formula is C14H13FN2O. The molecule has 0 aromatic heterocycles. The second-order valence-corrected chi connectivity index (χ2v) is 3.78. The molecule has 0 saturated carbocycles. The van der Waals surface area contributed by atoms with Gasteiger partial charge < -0.3 is 4.74 Å². The summed E-state index contributed by atoms with van der Waals surface area (Å²) >= 11 is 0. The molecule has 0 unspecified atom stereocenters. The zero-order valence-corrected chi connectivity index (χ0v) is 9.98. The number of hydrogen-bond donors (Lipinski definition) is 1. The van der Waals surface area contributed by atoms with Crippen molar-refractivity contribution in [1.29, 1.82) is 0 Å². The smallest absolute Gasteiger partial charge is 0.165 e. The molecule has 2 aromatic carbocycles. The molecule has 2 aromatic rings. The van der Waals surface area contributed by atoms with Crippen molar-refractivity contribution in [2.24, 2.45) is 5.10 Å². The van der Waals surface area contributed by atoms with E-state index in [2.05, 4.69) is 17.2 Å². The average Bonchev–Trinajstić information content (AvgIpc) is 2.36. The third-order valence-electron chi connectivity index (χ3n) is 2.46. The highest BCUT2D eigenvalue weighted by Gasteiger charge is 2.05. The van der Waals surface area contributed by atoms with Crippen LogP contribution in [-0.4, -0.2) is 6.72 Å². The van der Waals surface area contributed by atoms with Crippen molar-refractivity contribution in [2.45, 2.75) is 6.92 Å². The fraction of sp³-hybridized carbons (Fsp3) is 0.0714. The highest BCUT2D eigenvalue weighted by molar-refractivity contribution is 5.54. The Bertz CT molecular complexity index is 569. The molecule has 0 atom stereocenters. The molecule has 2 rings (SSSR count). The maximum atomic E-state index is 13.4. The highest BCUT2D eigenvalue weighted by Crippen LogP contribution is 2.27. The van der Waals surface area contributed by atoms with Crippen molar-refractivity contribution < 1.29 is 9.13 Å². The van der Waals surface area contributed by atoms with Crippen LogP contribution < -0.4 is 10.2 Å². The number of nitrogens with zero attached hydrogens (tertiary/aromatic N) is 1. The summed E-state index contributed by atoms with van der Waals surface area (Å²) in [4.78, 5) is 0. The van der Waals surface area contributed by atoms with Gasteiger partial charge in [-0.2, -0.15) is 5.10 Å². The number of hydrogen-bond acceptors (Lipinski definition) is 3. The SMILES string of the molecule is C=NNc1ccc(Oc2ccccc2F)cc1C. The Morgan fingerprint density at radius 1 is 1.22 bits per heavy atom. The number of hydrazone groups is 1. The van der Waals surface area contributed by atoms with Crippen LogP contribution in [0.2, 0.25) is 0 Å². The Labute approximate surface area is 105 Å². The zero-order valence-electron chi connectivity index (χ0n) is 9.98. The predicted molar refractivity (Wildman–Crippen MR) is 70.8 cm³/mol. The van der Waals surface area contributed by atoms with Crippen LogP contribution >= 0.6 is 0 Å². The van der Waals surface area contributed by atoms with Gasteiger partial charge in [-0.25, -0.2) is 4.39 Å². The summed E-state index contributed by atoms with van der Waals surface area (Å²) in [6.07, 6.45) is 0.